The molecule has 0 bridgehead atoms. The molecule has 2 aromatic carbocycles. The van der Waals surface area contributed by atoms with Crippen LogP contribution in [0.2, 0.25) is 5.02 Å². The van der Waals surface area contributed by atoms with Gasteiger partial charge in [0.15, 0.2) is 0 Å². The molecule has 5 heteroatoms. The molecule has 27 heavy (non-hydrogen) atoms. The Labute approximate surface area is 165 Å². The minimum atomic E-state index is -0.172. The zero-order valence-electron chi connectivity index (χ0n) is 15.3. The maximum Gasteiger partial charge on any atom is 0.251 e. The van der Waals surface area contributed by atoms with E-state index in [-0.39, 0.29) is 11.8 Å². The normalized spacial score (nSPS) is 14.1. The number of rotatable bonds is 7. The first-order valence-corrected chi connectivity index (χ1v) is 9.91. The molecule has 0 radical (unpaired) electrons. The number of hydrogen-bond acceptors (Lipinski definition) is 2. The number of carbonyl (C=O) groups excluding carboxylic acids is 2. The van der Waals surface area contributed by atoms with Gasteiger partial charge in [0.25, 0.3) is 5.91 Å². The van der Waals surface area contributed by atoms with Crippen molar-refractivity contribution in [2.24, 2.45) is 5.92 Å². The van der Waals surface area contributed by atoms with Crippen LogP contribution in [-0.2, 0) is 11.2 Å². The molecule has 1 fully saturated rings. The van der Waals surface area contributed by atoms with Gasteiger partial charge in [0.1, 0.15) is 0 Å². The largest absolute Gasteiger partial charge is 0.352 e. The van der Waals surface area contributed by atoms with Gasteiger partial charge in [-0.15, -0.1) is 0 Å². The quantitative estimate of drug-likeness (QED) is 0.718. The Morgan fingerprint density at radius 3 is 2.52 bits per heavy atom. The molecule has 0 atom stereocenters. The van der Waals surface area contributed by atoms with Gasteiger partial charge in [-0.1, -0.05) is 54.8 Å². The van der Waals surface area contributed by atoms with Gasteiger partial charge in [0, 0.05) is 18.5 Å². The third kappa shape index (κ3) is 5.83. The molecule has 2 N–H and O–H groups in total. The molecule has 0 aromatic heterocycles. The van der Waals surface area contributed by atoms with Crippen LogP contribution in [0.3, 0.4) is 0 Å². The first kappa shape index (κ1) is 19.4. The fourth-order valence-electron chi connectivity index (χ4n) is 3.51. The average molecular weight is 385 g/mol. The molecular formula is C22H25ClN2O2. The molecular weight excluding hydrogens is 360 g/mol. The minimum absolute atomic E-state index is 0.0366. The van der Waals surface area contributed by atoms with Gasteiger partial charge >= 0.3 is 0 Å². The Morgan fingerprint density at radius 2 is 1.78 bits per heavy atom. The summed E-state index contributed by atoms with van der Waals surface area (Å²) in [5.41, 5.74) is 2.16. The lowest BCUT2D eigenvalue weighted by molar-refractivity contribution is -0.117. The van der Waals surface area contributed by atoms with Crippen molar-refractivity contribution in [1.29, 1.82) is 0 Å². The Bertz CT molecular complexity index is 786. The summed E-state index contributed by atoms with van der Waals surface area (Å²) in [6.07, 6.45) is 5.93. The average Bonchev–Trinajstić information content (AvgIpc) is 3.17. The van der Waals surface area contributed by atoms with Gasteiger partial charge in [0.2, 0.25) is 5.91 Å². The SMILES string of the molecule is O=C(CC1CCCC1)Nc1cc(C(=O)NCCc2ccccc2)ccc1Cl. The van der Waals surface area contributed by atoms with Gasteiger partial charge in [-0.25, -0.2) is 0 Å². The van der Waals surface area contributed by atoms with Crippen LogP contribution in [-0.4, -0.2) is 18.4 Å². The highest BCUT2D eigenvalue weighted by molar-refractivity contribution is 6.33. The third-order valence-corrected chi connectivity index (χ3v) is 5.32. The van der Waals surface area contributed by atoms with E-state index in [1.165, 1.54) is 18.4 Å². The van der Waals surface area contributed by atoms with Crippen molar-refractivity contribution in [2.75, 3.05) is 11.9 Å². The van der Waals surface area contributed by atoms with Crippen LogP contribution in [0.1, 0.15) is 48.0 Å². The summed E-state index contributed by atoms with van der Waals surface area (Å²) in [7, 11) is 0. The molecule has 0 spiro atoms. The van der Waals surface area contributed by atoms with Crippen molar-refractivity contribution in [1.82, 2.24) is 5.32 Å². The number of hydrogen-bond donors (Lipinski definition) is 2. The number of anilines is 1. The molecule has 0 unspecified atom stereocenters. The van der Waals surface area contributed by atoms with Crippen molar-refractivity contribution in [3.8, 4) is 0 Å². The van der Waals surface area contributed by atoms with E-state index in [4.69, 9.17) is 11.6 Å². The lowest BCUT2D eigenvalue weighted by Crippen LogP contribution is -2.26. The van der Waals surface area contributed by atoms with E-state index in [2.05, 4.69) is 10.6 Å². The molecule has 0 heterocycles. The summed E-state index contributed by atoms with van der Waals surface area (Å²) in [5, 5.41) is 6.22. The fraction of sp³-hybridized carbons (Fsp3) is 0.364. The maximum atomic E-state index is 12.4. The topological polar surface area (TPSA) is 58.2 Å². The van der Waals surface area contributed by atoms with Crippen molar-refractivity contribution in [3.63, 3.8) is 0 Å². The van der Waals surface area contributed by atoms with Crippen molar-refractivity contribution >= 4 is 29.1 Å². The lowest BCUT2D eigenvalue weighted by Gasteiger charge is -2.12. The standard InChI is InChI=1S/C22H25ClN2O2/c23-19-11-10-18(22(27)24-13-12-16-6-2-1-3-7-16)15-20(19)25-21(26)14-17-8-4-5-9-17/h1-3,6-7,10-11,15,17H,4-5,8-9,12-14H2,(H,24,27)(H,25,26). The van der Waals surface area contributed by atoms with Crippen LogP contribution in [0, 0.1) is 5.92 Å². The van der Waals surface area contributed by atoms with Gasteiger partial charge in [-0.2, -0.15) is 0 Å². The molecule has 142 valence electrons. The van der Waals surface area contributed by atoms with E-state index < -0.39 is 0 Å². The summed E-state index contributed by atoms with van der Waals surface area (Å²) in [4.78, 5) is 24.7. The molecule has 1 saturated carbocycles. The van der Waals surface area contributed by atoms with E-state index in [1.54, 1.807) is 18.2 Å². The van der Waals surface area contributed by atoms with Crippen molar-refractivity contribution in [3.05, 3.63) is 64.7 Å². The van der Waals surface area contributed by atoms with Gasteiger partial charge in [-0.05, 0) is 48.9 Å². The Kier molecular flexibility index (Phi) is 6.88. The van der Waals surface area contributed by atoms with Crippen LogP contribution in [0.15, 0.2) is 48.5 Å². The first-order chi connectivity index (χ1) is 13.1. The molecule has 0 aliphatic heterocycles. The summed E-state index contributed by atoms with van der Waals surface area (Å²) in [6.45, 7) is 0.550. The van der Waals surface area contributed by atoms with Crippen LogP contribution in [0.5, 0.6) is 0 Å². The van der Waals surface area contributed by atoms with Crippen molar-refractivity contribution < 1.29 is 9.59 Å². The number of carbonyl (C=O) groups is 2. The van der Waals surface area contributed by atoms with Crippen LogP contribution >= 0.6 is 11.6 Å². The molecule has 4 nitrogen and oxygen atoms in total. The third-order valence-electron chi connectivity index (χ3n) is 4.99. The summed E-state index contributed by atoms with van der Waals surface area (Å²) in [6, 6.07) is 15.0. The smallest absolute Gasteiger partial charge is 0.251 e. The summed E-state index contributed by atoms with van der Waals surface area (Å²) < 4.78 is 0. The molecule has 3 rings (SSSR count). The monoisotopic (exact) mass is 384 g/mol. The number of benzene rings is 2. The van der Waals surface area contributed by atoms with Crippen LogP contribution < -0.4 is 10.6 Å². The summed E-state index contributed by atoms with van der Waals surface area (Å²) >= 11 is 6.20. The predicted molar refractivity (Wildman–Crippen MR) is 109 cm³/mol. The van der Waals surface area contributed by atoms with Gasteiger partial charge < -0.3 is 10.6 Å². The molecule has 1 aliphatic rings. The maximum absolute atomic E-state index is 12.4. The molecule has 0 saturated heterocycles. The highest BCUT2D eigenvalue weighted by Crippen LogP contribution is 2.29. The zero-order chi connectivity index (χ0) is 19.1. The first-order valence-electron chi connectivity index (χ1n) is 9.53. The highest BCUT2D eigenvalue weighted by Gasteiger charge is 2.19. The molecule has 1 aliphatic carbocycles. The zero-order valence-corrected chi connectivity index (χ0v) is 16.1. The Morgan fingerprint density at radius 1 is 1.04 bits per heavy atom. The fourth-order valence-corrected chi connectivity index (χ4v) is 3.67. The van der Waals surface area contributed by atoms with E-state index in [0.717, 1.165) is 19.3 Å². The van der Waals surface area contributed by atoms with Crippen LogP contribution in [0.25, 0.3) is 0 Å². The number of amides is 2. The van der Waals surface area contributed by atoms with E-state index in [1.807, 2.05) is 30.3 Å². The van der Waals surface area contributed by atoms with E-state index in [0.29, 0.717) is 35.2 Å². The van der Waals surface area contributed by atoms with E-state index in [9.17, 15) is 9.59 Å². The van der Waals surface area contributed by atoms with Gasteiger partial charge in [0.05, 0.1) is 10.7 Å². The van der Waals surface area contributed by atoms with Crippen molar-refractivity contribution in [2.45, 2.75) is 38.5 Å². The second-order valence-corrected chi connectivity index (χ2v) is 7.50. The predicted octanol–water partition coefficient (Wildman–Crippen LogP) is 4.83. The van der Waals surface area contributed by atoms with E-state index >= 15 is 0 Å². The van der Waals surface area contributed by atoms with Gasteiger partial charge in [-0.3, -0.25) is 9.59 Å². The molecule has 2 amide bonds. The Balaban J connectivity index is 1.55. The van der Waals surface area contributed by atoms with Crippen LogP contribution in [0.4, 0.5) is 5.69 Å². The number of nitrogens with one attached hydrogen (secondary N) is 2. The lowest BCUT2D eigenvalue weighted by atomic mass is 10.0. The second-order valence-electron chi connectivity index (χ2n) is 7.09. The minimum Gasteiger partial charge on any atom is -0.352 e. The highest BCUT2D eigenvalue weighted by atomic mass is 35.5. The molecule has 2 aromatic rings. The number of halogens is 1. The Hall–Kier alpha value is -2.33. The summed E-state index contributed by atoms with van der Waals surface area (Å²) in [5.74, 6) is 0.257. The second kappa shape index (κ2) is 9.56.